The fraction of sp³-hybridized carbons (Fsp3) is 0.737. The van der Waals surface area contributed by atoms with Crippen LogP contribution in [0.5, 0.6) is 0 Å². The molecule has 3 rings (SSSR count). The molecule has 2 aliphatic heterocycles. The smallest absolute Gasteiger partial charge is 0.249 e. The predicted octanol–water partition coefficient (Wildman–Crippen LogP) is 2.81. The zero-order chi connectivity index (χ0) is 16.9. The second-order valence-electron chi connectivity index (χ2n) is 7.19. The van der Waals surface area contributed by atoms with Gasteiger partial charge in [0, 0.05) is 13.1 Å². The third-order valence-corrected chi connectivity index (χ3v) is 5.62. The van der Waals surface area contributed by atoms with Gasteiger partial charge in [-0.05, 0) is 43.4 Å². The van der Waals surface area contributed by atoms with Gasteiger partial charge in [-0.2, -0.15) is 0 Å². The maximum Gasteiger partial charge on any atom is 0.249 e. The molecular formula is C19H30N2O3. The van der Waals surface area contributed by atoms with E-state index in [1.165, 1.54) is 12.8 Å². The Balaban J connectivity index is 1.46. The van der Waals surface area contributed by atoms with Gasteiger partial charge in [-0.3, -0.25) is 4.79 Å². The van der Waals surface area contributed by atoms with Crippen LogP contribution >= 0.6 is 0 Å². The molecule has 3 atom stereocenters. The van der Waals surface area contributed by atoms with Crippen molar-refractivity contribution in [2.75, 3.05) is 19.6 Å². The summed E-state index contributed by atoms with van der Waals surface area (Å²) in [5, 5.41) is 2.93. The van der Waals surface area contributed by atoms with E-state index >= 15 is 0 Å². The number of piperidine rings is 1. The van der Waals surface area contributed by atoms with Gasteiger partial charge < -0.3 is 19.4 Å². The molecule has 2 fully saturated rings. The summed E-state index contributed by atoms with van der Waals surface area (Å²) >= 11 is 0. The first-order chi connectivity index (χ1) is 11.7. The number of furan rings is 1. The number of hydrogen-bond acceptors (Lipinski definition) is 4. The molecule has 0 spiro atoms. The zero-order valence-electron chi connectivity index (χ0n) is 14.9. The van der Waals surface area contributed by atoms with Crippen molar-refractivity contribution in [3.8, 4) is 0 Å². The molecule has 0 saturated carbocycles. The third-order valence-electron chi connectivity index (χ3n) is 5.62. The fourth-order valence-corrected chi connectivity index (χ4v) is 3.94. The molecule has 2 aliphatic rings. The number of nitrogens with one attached hydrogen (secondary N) is 1. The summed E-state index contributed by atoms with van der Waals surface area (Å²) in [4.78, 5) is 14.9. The SMILES string of the molecule is CCC(CC)CN1CC[C@@H]2C[C@@H](C(=O)NCc3ccco3)O[C@H]2C1. The van der Waals surface area contributed by atoms with Crippen LogP contribution in [0.4, 0.5) is 0 Å². The first-order valence-electron chi connectivity index (χ1n) is 9.37. The highest BCUT2D eigenvalue weighted by Gasteiger charge is 2.41. The molecule has 24 heavy (non-hydrogen) atoms. The van der Waals surface area contributed by atoms with Crippen molar-refractivity contribution < 1.29 is 13.9 Å². The number of rotatable bonds is 7. The van der Waals surface area contributed by atoms with E-state index in [0.717, 1.165) is 44.2 Å². The maximum absolute atomic E-state index is 12.3. The Morgan fingerprint density at radius 2 is 2.25 bits per heavy atom. The molecule has 0 unspecified atom stereocenters. The van der Waals surface area contributed by atoms with E-state index in [2.05, 4.69) is 24.1 Å². The van der Waals surface area contributed by atoms with Crippen LogP contribution in [0, 0.1) is 11.8 Å². The van der Waals surface area contributed by atoms with E-state index < -0.39 is 0 Å². The van der Waals surface area contributed by atoms with Crippen LogP contribution in [0.2, 0.25) is 0 Å². The van der Waals surface area contributed by atoms with Crippen LogP contribution in [-0.2, 0) is 16.1 Å². The Morgan fingerprint density at radius 1 is 1.42 bits per heavy atom. The first-order valence-corrected chi connectivity index (χ1v) is 9.37. The Hall–Kier alpha value is -1.33. The van der Waals surface area contributed by atoms with Gasteiger partial charge >= 0.3 is 0 Å². The lowest BCUT2D eigenvalue weighted by atomic mass is 9.90. The average Bonchev–Trinajstić information content (AvgIpc) is 3.26. The van der Waals surface area contributed by atoms with E-state index in [1.807, 2.05) is 12.1 Å². The highest BCUT2D eigenvalue weighted by Crippen LogP contribution is 2.33. The van der Waals surface area contributed by atoms with Crippen LogP contribution < -0.4 is 5.32 Å². The van der Waals surface area contributed by atoms with E-state index in [0.29, 0.717) is 12.5 Å². The molecule has 134 valence electrons. The van der Waals surface area contributed by atoms with Crippen LogP contribution in [0.25, 0.3) is 0 Å². The lowest BCUT2D eigenvalue weighted by molar-refractivity contribution is -0.133. The molecule has 1 aromatic rings. The van der Waals surface area contributed by atoms with Crippen molar-refractivity contribution in [1.29, 1.82) is 0 Å². The minimum Gasteiger partial charge on any atom is -0.467 e. The second-order valence-corrected chi connectivity index (χ2v) is 7.19. The quantitative estimate of drug-likeness (QED) is 0.833. The highest BCUT2D eigenvalue weighted by molar-refractivity contribution is 5.81. The lowest BCUT2D eigenvalue weighted by Crippen LogP contribution is -2.44. The summed E-state index contributed by atoms with van der Waals surface area (Å²) in [6.45, 7) is 8.25. The highest BCUT2D eigenvalue weighted by atomic mass is 16.5. The lowest BCUT2D eigenvalue weighted by Gasteiger charge is -2.35. The largest absolute Gasteiger partial charge is 0.467 e. The first kappa shape index (κ1) is 17.5. The van der Waals surface area contributed by atoms with Crippen molar-refractivity contribution in [1.82, 2.24) is 10.2 Å². The van der Waals surface area contributed by atoms with Gasteiger partial charge in [0.15, 0.2) is 0 Å². The molecule has 1 amide bonds. The molecule has 0 aromatic carbocycles. The van der Waals surface area contributed by atoms with Gasteiger partial charge in [0.1, 0.15) is 11.9 Å². The van der Waals surface area contributed by atoms with Crippen LogP contribution in [0.15, 0.2) is 22.8 Å². The van der Waals surface area contributed by atoms with Crippen LogP contribution in [-0.4, -0.2) is 42.6 Å². The molecular weight excluding hydrogens is 304 g/mol. The number of fused-ring (bicyclic) bond motifs is 1. The Labute approximate surface area is 144 Å². The number of carbonyl (C=O) groups excluding carboxylic acids is 1. The predicted molar refractivity (Wildman–Crippen MR) is 92.5 cm³/mol. The fourth-order valence-electron chi connectivity index (χ4n) is 3.94. The zero-order valence-corrected chi connectivity index (χ0v) is 14.9. The maximum atomic E-state index is 12.3. The summed E-state index contributed by atoms with van der Waals surface area (Å²) < 4.78 is 11.3. The Kier molecular flexibility index (Phi) is 5.95. The number of carbonyl (C=O) groups is 1. The molecule has 3 heterocycles. The number of nitrogens with zero attached hydrogens (tertiary/aromatic N) is 1. The molecule has 5 heteroatoms. The van der Waals surface area contributed by atoms with Crippen molar-refractivity contribution in [2.24, 2.45) is 11.8 Å². The number of hydrogen-bond donors (Lipinski definition) is 1. The standard InChI is InChI=1S/C19H30N2O3/c1-3-14(4-2)12-21-8-7-15-10-17(24-18(15)13-21)19(22)20-11-16-6-5-9-23-16/h5-6,9,14-15,17-18H,3-4,7-8,10-13H2,1-2H3,(H,20,22)/t15-,17+,18+/m1/s1. The summed E-state index contributed by atoms with van der Waals surface area (Å²) in [5.74, 6) is 2.07. The summed E-state index contributed by atoms with van der Waals surface area (Å²) in [6.07, 6.45) is 6.01. The van der Waals surface area contributed by atoms with E-state index in [9.17, 15) is 4.79 Å². The molecule has 0 bridgehead atoms. The second kappa shape index (κ2) is 8.17. The number of ether oxygens (including phenoxy) is 1. The molecule has 5 nitrogen and oxygen atoms in total. The van der Waals surface area contributed by atoms with Gasteiger partial charge in [0.25, 0.3) is 0 Å². The van der Waals surface area contributed by atoms with Crippen molar-refractivity contribution in [2.45, 2.75) is 58.3 Å². The van der Waals surface area contributed by atoms with Crippen molar-refractivity contribution in [3.63, 3.8) is 0 Å². The van der Waals surface area contributed by atoms with Gasteiger partial charge in [-0.25, -0.2) is 0 Å². The Morgan fingerprint density at radius 3 is 2.96 bits per heavy atom. The van der Waals surface area contributed by atoms with Crippen LogP contribution in [0.3, 0.4) is 0 Å². The summed E-state index contributed by atoms with van der Waals surface area (Å²) in [5.41, 5.74) is 0. The molecule has 1 aromatic heterocycles. The van der Waals surface area contributed by atoms with Crippen molar-refractivity contribution >= 4 is 5.91 Å². The number of amides is 1. The summed E-state index contributed by atoms with van der Waals surface area (Å²) in [7, 11) is 0. The molecule has 0 radical (unpaired) electrons. The van der Waals surface area contributed by atoms with Crippen LogP contribution in [0.1, 0.15) is 45.3 Å². The van der Waals surface area contributed by atoms with Gasteiger partial charge in [0.2, 0.25) is 5.91 Å². The van der Waals surface area contributed by atoms with Gasteiger partial charge in [-0.1, -0.05) is 26.7 Å². The molecule has 0 aliphatic carbocycles. The molecule has 1 N–H and O–H groups in total. The number of likely N-dealkylation sites (tertiary alicyclic amines) is 1. The molecule has 2 saturated heterocycles. The minimum absolute atomic E-state index is 0.00709. The van der Waals surface area contributed by atoms with Gasteiger partial charge in [0.05, 0.1) is 18.9 Å². The van der Waals surface area contributed by atoms with E-state index in [-0.39, 0.29) is 18.1 Å². The van der Waals surface area contributed by atoms with Gasteiger partial charge in [-0.15, -0.1) is 0 Å². The Bertz CT molecular complexity index is 513. The summed E-state index contributed by atoms with van der Waals surface area (Å²) in [6, 6.07) is 3.70. The normalized spacial score (nSPS) is 27.4. The van der Waals surface area contributed by atoms with E-state index in [4.69, 9.17) is 9.15 Å². The topological polar surface area (TPSA) is 54.7 Å². The van der Waals surface area contributed by atoms with E-state index in [1.54, 1.807) is 6.26 Å². The average molecular weight is 334 g/mol. The monoisotopic (exact) mass is 334 g/mol. The minimum atomic E-state index is -0.303. The third kappa shape index (κ3) is 4.19. The van der Waals surface area contributed by atoms with Crippen molar-refractivity contribution in [3.05, 3.63) is 24.2 Å².